The summed E-state index contributed by atoms with van der Waals surface area (Å²) in [5.74, 6) is 3.42. The van der Waals surface area contributed by atoms with Gasteiger partial charge in [-0.05, 0) is 49.1 Å². The number of hydrogen-bond acceptors (Lipinski definition) is 3. The second-order valence-electron chi connectivity index (χ2n) is 4.62. The van der Waals surface area contributed by atoms with Crippen molar-refractivity contribution in [3.8, 4) is 0 Å². The molecule has 0 spiro atoms. The van der Waals surface area contributed by atoms with Gasteiger partial charge in [0.25, 0.3) is 0 Å². The molecule has 1 heterocycles. The lowest BCUT2D eigenvalue weighted by molar-refractivity contribution is 0.473. The maximum absolute atomic E-state index is 4.54. The van der Waals surface area contributed by atoms with E-state index in [9.17, 15) is 0 Å². The highest BCUT2D eigenvalue weighted by Gasteiger charge is 2.12. The van der Waals surface area contributed by atoms with Gasteiger partial charge in [-0.1, -0.05) is 13.8 Å². The molecule has 1 aromatic heterocycles. The first kappa shape index (κ1) is 13.9. The monoisotopic (exact) mass is 255 g/mol. The Morgan fingerprint density at radius 3 is 2.50 bits per heavy atom. The van der Waals surface area contributed by atoms with E-state index in [2.05, 4.69) is 57.4 Å². The zero-order chi connectivity index (χ0) is 12.1. The first-order valence-corrected chi connectivity index (χ1v) is 7.33. The van der Waals surface area contributed by atoms with Gasteiger partial charge in [0.2, 0.25) is 0 Å². The lowest BCUT2D eigenvalue weighted by Crippen LogP contribution is -2.13. The van der Waals surface area contributed by atoms with Gasteiger partial charge in [-0.2, -0.15) is 12.6 Å². The highest BCUT2D eigenvalue weighted by Crippen LogP contribution is 2.24. The van der Waals surface area contributed by atoms with Crippen molar-refractivity contribution in [3.63, 3.8) is 0 Å². The molecule has 0 radical (unpaired) electrons. The Kier molecular flexibility index (Phi) is 5.70. The molecule has 0 aliphatic rings. The fraction of sp³-hybridized carbons (Fsp3) is 0.615. The lowest BCUT2D eigenvalue weighted by atomic mass is 10.0. The van der Waals surface area contributed by atoms with Crippen molar-refractivity contribution in [3.05, 3.63) is 23.4 Å². The van der Waals surface area contributed by atoms with E-state index in [0.29, 0.717) is 11.8 Å². The Labute approximate surface area is 109 Å². The SMILES string of the molecule is Cc1cc(C)nc(SCC(CS)C(C)C)c1. The van der Waals surface area contributed by atoms with Gasteiger partial charge in [0, 0.05) is 11.4 Å². The number of nitrogens with zero attached hydrogens (tertiary/aromatic N) is 1. The molecule has 0 aromatic carbocycles. The van der Waals surface area contributed by atoms with E-state index in [1.165, 1.54) is 5.56 Å². The molecule has 1 nitrogen and oxygen atoms in total. The van der Waals surface area contributed by atoms with Crippen molar-refractivity contribution in [2.24, 2.45) is 11.8 Å². The standard InChI is InChI=1S/C13H21NS2/c1-9(2)12(7-15)8-16-13-6-10(3)5-11(4)14-13/h5-6,9,12,15H,7-8H2,1-4H3. The van der Waals surface area contributed by atoms with Crippen LogP contribution in [0, 0.1) is 25.7 Å². The van der Waals surface area contributed by atoms with Crippen molar-refractivity contribution >= 4 is 24.4 Å². The summed E-state index contributed by atoms with van der Waals surface area (Å²) in [6.45, 7) is 8.69. The van der Waals surface area contributed by atoms with E-state index in [1.807, 2.05) is 11.8 Å². The molecule has 0 saturated carbocycles. The van der Waals surface area contributed by atoms with E-state index in [-0.39, 0.29) is 0 Å². The van der Waals surface area contributed by atoms with Crippen LogP contribution in [0.3, 0.4) is 0 Å². The lowest BCUT2D eigenvalue weighted by Gasteiger charge is -2.17. The third kappa shape index (κ3) is 4.38. The number of hydrogen-bond donors (Lipinski definition) is 1. The number of rotatable bonds is 5. The Hall–Kier alpha value is -0.150. The average molecular weight is 255 g/mol. The first-order valence-electron chi connectivity index (χ1n) is 5.72. The van der Waals surface area contributed by atoms with E-state index in [4.69, 9.17) is 0 Å². The summed E-state index contributed by atoms with van der Waals surface area (Å²) in [7, 11) is 0. The van der Waals surface area contributed by atoms with Crippen LogP contribution in [0.1, 0.15) is 25.1 Å². The Morgan fingerprint density at radius 2 is 2.00 bits per heavy atom. The zero-order valence-electron chi connectivity index (χ0n) is 10.5. The minimum atomic E-state index is 0.663. The highest BCUT2D eigenvalue weighted by molar-refractivity contribution is 7.99. The summed E-state index contributed by atoms with van der Waals surface area (Å²) < 4.78 is 0. The van der Waals surface area contributed by atoms with Crippen LogP contribution < -0.4 is 0 Å². The van der Waals surface area contributed by atoms with Crippen LogP contribution >= 0.6 is 24.4 Å². The average Bonchev–Trinajstić information content (AvgIpc) is 2.16. The highest BCUT2D eigenvalue weighted by atomic mass is 32.2. The maximum atomic E-state index is 4.54. The largest absolute Gasteiger partial charge is 0.247 e. The zero-order valence-corrected chi connectivity index (χ0v) is 12.2. The van der Waals surface area contributed by atoms with Gasteiger partial charge in [-0.15, -0.1) is 11.8 Å². The minimum absolute atomic E-state index is 0.663. The molecular weight excluding hydrogens is 234 g/mol. The van der Waals surface area contributed by atoms with Crippen molar-refractivity contribution in [1.29, 1.82) is 0 Å². The molecule has 0 amide bonds. The van der Waals surface area contributed by atoms with Crippen LogP contribution in [0.5, 0.6) is 0 Å². The summed E-state index contributed by atoms with van der Waals surface area (Å²) in [6, 6.07) is 4.27. The Morgan fingerprint density at radius 1 is 1.31 bits per heavy atom. The van der Waals surface area contributed by atoms with Crippen molar-refractivity contribution in [2.75, 3.05) is 11.5 Å². The molecule has 0 fully saturated rings. The van der Waals surface area contributed by atoms with E-state index in [0.717, 1.165) is 22.2 Å². The van der Waals surface area contributed by atoms with Gasteiger partial charge in [0.1, 0.15) is 0 Å². The summed E-state index contributed by atoms with van der Waals surface area (Å²) in [5, 5.41) is 1.14. The molecule has 1 atom stereocenters. The summed E-state index contributed by atoms with van der Waals surface area (Å²) in [6.07, 6.45) is 0. The molecule has 0 aliphatic carbocycles. The van der Waals surface area contributed by atoms with Gasteiger partial charge in [-0.25, -0.2) is 4.98 Å². The number of aromatic nitrogens is 1. The smallest absolute Gasteiger partial charge is 0.0965 e. The second-order valence-corrected chi connectivity index (χ2v) is 6.03. The fourth-order valence-electron chi connectivity index (χ4n) is 1.53. The van der Waals surface area contributed by atoms with Crippen molar-refractivity contribution in [1.82, 2.24) is 4.98 Å². The van der Waals surface area contributed by atoms with Gasteiger partial charge in [-0.3, -0.25) is 0 Å². The van der Waals surface area contributed by atoms with E-state index >= 15 is 0 Å². The van der Waals surface area contributed by atoms with Crippen molar-refractivity contribution in [2.45, 2.75) is 32.7 Å². The number of aryl methyl sites for hydroxylation is 2. The number of pyridine rings is 1. The topological polar surface area (TPSA) is 12.9 Å². The molecule has 1 aromatic rings. The van der Waals surface area contributed by atoms with Crippen LogP contribution in [-0.4, -0.2) is 16.5 Å². The third-order valence-electron chi connectivity index (χ3n) is 2.70. The summed E-state index contributed by atoms with van der Waals surface area (Å²) >= 11 is 6.26. The normalized spacial score (nSPS) is 13.1. The molecule has 1 rings (SSSR count). The quantitative estimate of drug-likeness (QED) is 0.631. The third-order valence-corrected chi connectivity index (χ3v) is 4.27. The van der Waals surface area contributed by atoms with Crippen LogP contribution in [-0.2, 0) is 0 Å². The molecule has 0 bridgehead atoms. The van der Waals surface area contributed by atoms with Crippen LogP contribution in [0.15, 0.2) is 17.2 Å². The number of thiol groups is 1. The summed E-state index contributed by atoms with van der Waals surface area (Å²) in [5.41, 5.74) is 2.40. The van der Waals surface area contributed by atoms with Crippen LogP contribution in [0.2, 0.25) is 0 Å². The van der Waals surface area contributed by atoms with Gasteiger partial charge in [0.05, 0.1) is 5.03 Å². The van der Waals surface area contributed by atoms with Gasteiger partial charge in [0.15, 0.2) is 0 Å². The molecule has 1 unspecified atom stereocenters. The van der Waals surface area contributed by atoms with Crippen LogP contribution in [0.4, 0.5) is 0 Å². The first-order chi connectivity index (χ1) is 7.52. The molecular formula is C13H21NS2. The predicted octanol–water partition coefficient (Wildman–Crippen LogP) is 3.99. The number of thioether (sulfide) groups is 1. The molecule has 0 N–H and O–H groups in total. The predicted molar refractivity (Wildman–Crippen MR) is 76.6 cm³/mol. The summed E-state index contributed by atoms with van der Waals surface area (Å²) in [4.78, 5) is 4.54. The van der Waals surface area contributed by atoms with E-state index in [1.54, 1.807) is 0 Å². The Bertz CT molecular complexity index is 316. The molecule has 16 heavy (non-hydrogen) atoms. The molecule has 3 heteroatoms. The van der Waals surface area contributed by atoms with Gasteiger partial charge < -0.3 is 0 Å². The maximum Gasteiger partial charge on any atom is 0.0965 e. The molecule has 0 saturated heterocycles. The fourth-order valence-corrected chi connectivity index (χ4v) is 3.62. The molecule has 90 valence electrons. The Balaban J connectivity index is 2.60. The van der Waals surface area contributed by atoms with Crippen molar-refractivity contribution < 1.29 is 0 Å². The molecule has 0 aliphatic heterocycles. The van der Waals surface area contributed by atoms with Gasteiger partial charge >= 0.3 is 0 Å². The van der Waals surface area contributed by atoms with Crippen LogP contribution in [0.25, 0.3) is 0 Å². The van der Waals surface area contributed by atoms with E-state index < -0.39 is 0 Å². The minimum Gasteiger partial charge on any atom is -0.247 e. The second kappa shape index (κ2) is 6.55.